The predicted octanol–water partition coefficient (Wildman–Crippen LogP) is 6.21. The number of hydrogen-bond donors (Lipinski definition) is 0. The summed E-state index contributed by atoms with van der Waals surface area (Å²) in [5.41, 5.74) is 1.01. The van der Waals surface area contributed by atoms with Crippen LogP contribution in [0.5, 0.6) is 0 Å². The van der Waals surface area contributed by atoms with E-state index in [4.69, 9.17) is 4.74 Å². The van der Waals surface area contributed by atoms with Crippen molar-refractivity contribution in [3.63, 3.8) is 0 Å². The summed E-state index contributed by atoms with van der Waals surface area (Å²) in [6, 6.07) is 29.6. The SMILES string of the molecule is CC(I)C(=O)OC(C)c1ccc([S+](c2ccccc2)c2ccccc2)cc1. The van der Waals surface area contributed by atoms with E-state index < -0.39 is 0 Å². The Kier molecular flexibility index (Phi) is 6.96. The van der Waals surface area contributed by atoms with Gasteiger partial charge < -0.3 is 4.74 Å². The third-order valence-electron chi connectivity index (χ3n) is 4.16. The van der Waals surface area contributed by atoms with Crippen LogP contribution in [0.3, 0.4) is 0 Å². The number of carbonyl (C=O) groups is 1. The molecule has 0 saturated heterocycles. The maximum absolute atomic E-state index is 11.8. The number of esters is 1. The van der Waals surface area contributed by atoms with Crippen LogP contribution in [0.4, 0.5) is 0 Å². The second-order valence-corrected chi connectivity index (χ2v) is 10.1. The van der Waals surface area contributed by atoms with Gasteiger partial charge in [-0.15, -0.1) is 0 Å². The molecule has 0 amide bonds. The Bertz CT molecular complexity index is 824. The van der Waals surface area contributed by atoms with Crippen LogP contribution in [-0.2, 0) is 20.4 Å². The second-order valence-electron chi connectivity index (χ2n) is 6.20. The maximum atomic E-state index is 11.8. The number of alkyl halides is 1. The molecule has 0 radical (unpaired) electrons. The normalized spacial score (nSPS) is 13.2. The molecule has 138 valence electrons. The second kappa shape index (κ2) is 9.42. The number of ether oxygens (including phenoxy) is 1. The van der Waals surface area contributed by atoms with Crippen LogP contribution in [0.2, 0.25) is 0 Å². The molecule has 27 heavy (non-hydrogen) atoms. The lowest BCUT2D eigenvalue weighted by Gasteiger charge is -2.15. The molecule has 0 heterocycles. The molecule has 0 aromatic heterocycles. The van der Waals surface area contributed by atoms with Crippen molar-refractivity contribution in [1.82, 2.24) is 0 Å². The quantitative estimate of drug-likeness (QED) is 0.178. The standard InChI is InChI=1S/C23H22IO2S/c1-17(24)23(25)26-18(2)19-13-15-22(16-14-19)27(20-9-5-3-6-10-20)21-11-7-4-8-12-21/h3-18H,1-2H3/q+1. The van der Waals surface area contributed by atoms with Crippen molar-refractivity contribution in [3.05, 3.63) is 90.5 Å². The van der Waals surface area contributed by atoms with Gasteiger partial charge in [-0.2, -0.15) is 0 Å². The summed E-state index contributed by atoms with van der Waals surface area (Å²) in [4.78, 5) is 15.7. The Morgan fingerprint density at radius 1 is 0.778 bits per heavy atom. The highest BCUT2D eigenvalue weighted by Crippen LogP contribution is 2.32. The lowest BCUT2D eigenvalue weighted by atomic mass is 10.1. The van der Waals surface area contributed by atoms with Gasteiger partial charge in [0.15, 0.2) is 14.7 Å². The van der Waals surface area contributed by atoms with Gasteiger partial charge in [0.05, 0.1) is 10.9 Å². The van der Waals surface area contributed by atoms with Crippen LogP contribution >= 0.6 is 22.6 Å². The molecule has 0 aliphatic carbocycles. The fourth-order valence-corrected chi connectivity index (χ4v) is 4.96. The summed E-state index contributed by atoms with van der Waals surface area (Å²) in [6.45, 7) is 3.75. The van der Waals surface area contributed by atoms with E-state index >= 15 is 0 Å². The number of benzene rings is 3. The highest BCUT2D eigenvalue weighted by molar-refractivity contribution is 14.1. The Morgan fingerprint density at radius 2 is 1.22 bits per heavy atom. The number of halogens is 1. The van der Waals surface area contributed by atoms with Crippen molar-refractivity contribution in [3.8, 4) is 0 Å². The van der Waals surface area contributed by atoms with Crippen LogP contribution in [0.15, 0.2) is 99.6 Å². The van der Waals surface area contributed by atoms with Crippen LogP contribution in [0, 0.1) is 0 Å². The lowest BCUT2D eigenvalue weighted by molar-refractivity contribution is -0.147. The Morgan fingerprint density at radius 3 is 1.67 bits per heavy atom. The first kappa shape index (κ1) is 20.0. The predicted molar refractivity (Wildman–Crippen MR) is 119 cm³/mol. The minimum atomic E-state index is -0.251. The van der Waals surface area contributed by atoms with E-state index in [1.807, 2.05) is 26.0 Å². The average Bonchev–Trinajstić information content (AvgIpc) is 2.70. The molecular formula is C23H22IO2S+. The van der Waals surface area contributed by atoms with Gasteiger partial charge in [0.25, 0.3) is 0 Å². The molecule has 3 rings (SSSR count). The molecule has 2 atom stereocenters. The zero-order valence-electron chi connectivity index (χ0n) is 15.3. The van der Waals surface area contributed by atoms with Crippen LogP contribution < -0.4 is 0 Å². The minimum absolute atomic E-state index is 0.147. The summed E-state index contributed by atoms with van der Waals surface area (Å²) in [6.07, 6.45) is -0.251. The summed E-state index contributed by atoms with van der Waals surface area (Å²) in [5, 5.41) is 0. The van der Waals surface area contributed by atoms with Crippen molar-refractivity contribution in [2.75, 3.05) is 0 Å². The van der Waals surface area contributed by atoms with E-state index in [-0.39, 0.29) is 26.9 Å². The number of rotatable bonds is 6. The molecule has 3 aromatic carbocycles. The van der Waals surface area contributed by atoms with Gasteiger partial charge in [0.2, 0.25) is 0 Å². The minimum Gasteiger partial charge on any atom is -0.457 e. The van der Waals surface area contributed by atoms with E-state index in [0.29, 0.717) is 0 Å². The molecule has 0 spiro atoms. The van der Waals surface area contributed by atoms with Gasteiger partial charge in [0.1, 0.15) is 10.0 Å². The first-order chi connectivity index (χ1) is 13.1. The largest absolute Gasteiger partial charge is 0.457 e. The topological polar surface area (TPSA) is 26.3 Å². The number of hydrogen-bond acceptors (Lipinski definition) is 2. The van der Waals surface area contributed by atoms with Gasteiger partial charge in [-0.3, -0.25) is 4.79 Å². The van der Waals surface area contributed by atoms with Gasteiger partial charge in [0, 0.05) is 0 Å². The zero-order valence-corrected chi connectivity index (χ0v) is 18.3. The van der Waals surface area contributed by atoms with E-state index in [2.05, 4.69) is 95.4 Å². The average molecular weight is 489 g/mol. The smallest absolute Gasteiger partial charge is 0.319 e. The summed E-state index contributed by atoms with van der Waals surface area (Å²) in [7, 11) is -0.163. The molecule has 0 N–H and O–H groups in total. The van der Waals surface area contributed by atoms with Crippen LogP contribution in [0.1, 0.15) is 25.5 Å². The van der Waals surface area contributed by atoms with Gasteiger partial charge in [-0.25, -0.2) is 0 Å². The molecule has 2 nitrogen and oxygen atoms in total. The Labute approximate surface area is 177 Å². The van der Waals surface area contributed by atoms with E-state index in [1.54, 1.807) is 0 Å². The van der Waals surface area contributed by atoms with Crippen LogP contribution in [-0.4, -0.2) is 9.89 Å². The highest BCUT2D eigenvalue weighted by Gasteiger charge is 2.28. The van der Waals surface area contributed by atoms with Crippen LogP contribution in [0.25, 0.3) is 0 Å². The van der Waals surface area contributed by atoms with Crippen molar-refractivity contribution in [2.24, 2.45) is 0 Å². The highest BCUT2D eigenvalue weighted by atomic mass is 127. The van der Waals surface area contributed by atoms with Gasteiger partial charge in [-0.1, -0.05) is 71.1 Å². The Balaban J connectivity index is 1.89. The van der Waals surface area contributed by atoms with Gasteiger partial charge >= 0.3 is 5.97 Å². The summed E-state index contributed by atoms with van der Waals surface area (Å²) >= 11 is 2.07. The fourth-order valence-electron chi connectivity index (χ4n) is 2.73. The van der Waals surface area contributed by atoms with E-state index in [1.165, 1.54) is 14.7 Å². The third kappa shape index (κ3) is 5.14. The van der Waals surface area contributed by atoms with E-state index in [9.17, 15) is 4.79 Å². The van der Waals surface area contributed by atoms with Crippen molar-refractivity contribution in [2.45, 2.75) is 38.6 Å². The number of carbonyl (C=O) groups excluding carboxylic acids is 1. The summed E-state index contributed by atoms with van der Waals surface area (Å²) < 4.78 is 5.38. The molecule has 2 unspecified atom stereocenters. The molecule has 0 fully saturated rings. The molecule has 0 aliphatic rings. The van der Waals surface area contributed by atoms with Crippen molar-refractivity contribution < 1.29 is 9.53 Å². The molecule has 4 heteroatoms. The fraction of sp³-hybridized carbons (Fsp3) is 0.174. The van der Waals surface area contributed by atoms with Crippen molar-refractivity contribution in [1.29, 1.82) is 0 Å². The molecule has 3 aromatic rings. The monoisotopic (exact) mass is 489 g/mol. The zero-order chi connectivity index (χ0) is 19.2. The molecule has 0 saturated carbocycles. The first-order valence-electron chi connectivity index (χ1n) is 8.85. The Hall–Kier alpha value is -1.79. The third-order valence-corrected chi connectivity index (χ3v) is 6.90. The van der Waals surface area contributed by atoms with Crippen molar-refractivity contribution >= 4 is 39.5 Å². The maximum Gasteiger partial charge on any atom is 0.319 e. The van der Waals surface area contributed by atoms with Gasteiger partial charge in [-0.05, 0) is 55.8 Å². The van der Waals surface area contributed by atoms with E-state index in [0.717, 1.165) is 5.56 Å². The molecule has 0 aliphatic heterocycles. The first-order valence-corrected chi connectivity index (χ1v) is 11.3. The molecule has 0 bridgehead atoms. The summed E-state index contributed by atoms with van der Waals surface area (Å²) in [5.74, 6) is -0.180. The lowest BCUT2D eigenvalue weighted by Crippen LogP contribution is -2.16. The molecular weight excluding hydrogens is 467 g/mol.